The molecule has 1 unspecified atom stereocenters. The summed E-state index contributed by atoms with van der Waals surface area (Å²) in [5.74, 6) is 5.67. The first-order valence-corrected chi connectivity index (χ1v) is 6.35. The number of nitrogens with two attached hydrogens (primary N) is 1. The fourth-order valence-electron chi connectivity index (χ4n) is 0.722. The molecule has 14 heavy (non-hydrogen) atoms. The summed E-state index contributed by atoms with van der Waals surface area (Å²) >= 11 is 2.37. The van der Waals surface area contributed by atoms with Crippen molar-refractivity contribution in [2.75, 3.05) is 11.0 Å². The van der Waals surface area contributed by atoms with Crippen LogP contribution in [-0.4, -0.2) is 22.2 Å². The van der Waals surface area contributed by atoms with Gasteiger partial charge in [-0.25, -0.2) is 5.90 Å². The summed E-state index contributed by atoms with van der Waals surface area (Å²) in [5, 5.41) is 0. The Kier molecular flexibility index (Phi) is 5.87. The van der Waals surface area contributed by atoms with Crippen molar-refractivity contribution in [3.63, 3.8) is 0 Å². The lowest BCUT2D eigenvalue weighted by atomic mass is 9.94. The molecule has 0 amide bonds. The molecule has 0 saturated heterocycles. The van der Waals surface area contributed by atoms with E-state index in [1.54, 1.807) is 0 Å². The average Bonchev–Trinajstić information content (AvgIpc) is 2.14. The maximum absolute atomic E-state index is 5.83. The first-order valence-electron chi connectivity index (χ1n) is 4.83. The van der Waals surface area contributed by atoms with Crippen LogP contribution in [0.3, 0.4) is 0 Å². The Hall–Kier alpha value is 0.610. The molecule has 0 rings (SSSR count). The highest BCUT2D eigenvalue weighted by molar-refractivity contribution is 14.1. The SMILES string of the molecule is CC(CI)C(C)(C)OCC(C)(C)ON. The molecular formula is C10H22INO2. The molecule has 4 heteroatoms. The van der Waals surface area contributed by atoms with E-state index in [2.05, 4.69) is 43.4 Å². The summed E-state index contributed by atoms with van der Waals surface area (Å²) in [6.45, 7) is 10.7. The van der Waals surface area contributed by atoms with Gasteiger partial charge in [0.25, 0.3) is 0 Å². The summed E-state index contributed by atoms with van der Waals surface area (Å²) in [6, 6.07) is 0. The average molecular weight is 315 g/mol. The van der Waals surface area contributed by atoms with Crippen molar-refractivity contribution in [2.24, 2.45) is 11.8 Å². The van der Waals surface area contributed by atoms with Gasteiger partial charge >= 0.3 is 0 Å². The van der Waals surface area contributed by atoms with Crippen molar-refractivity contribution in [1.29, 1.82) is 0 Å². The van der Waals surface area contributed by atoms with Crippen LogP contribution in [-0.2, 0) is 9.57 Å². The molecule has 2 N–H and O–H groups in total. The quantitative estimate of drug-likeness (QED) is 0.465. The Morgan fingerprint density at radius 3 is 2.14 bits per heavy atom. The van der Waals surface area contributed by atoms with E-state index in [0.717, 1.165) is 4.43 Å². The van der Waals surface area contributed by atoms with E-state index in [0.29, 0.717) is 12.5 Å². The molecule has 0 aliphatic rings. The van der Waals surface area contributed by atoms with Gasteiger partial charge in [-0.05, 0) is 33.6 Å². The Morgan fingerprint density at radius 1 is 1.29 bits per heavy atom. The first kappa shape index (κ1) is 14.6. The van der Waals surface area contributed by atoms with Crippen LogP contribution in [0.2, 0.25) is 0 Å². The molecule has 3 nitrogen and oxygen atoms in total. The van der Waals surface area contributed by atoms with Gasteiger partial charge in [-0.2, -0.15) is 0 Å². The third-order valence-corrected chi connectivity index (χ3v) is 3.85. The second-order valence-electron chi connectivity index (χ2n) is 4.83. The number of alkyl halides is 1. The molecule has 0 bridgehead atoms. The zero-order valence-corrected chi connectivity index (χ0v) is 11.9. The van der Waals surface area contributed by atoms with E-state index >= 15 is 0 Å². The highest BCUT2D eigenvalue weighted by Gasteiger charge is 2.29. The van der Waals surface area contributed by atoms with Gasteiger partial charge in [0.1, 0.15) is 5.60 Å². The molecule has 0 fully saturated rings. The van der Waals surface area contributed by atoms with Crippen molar-refractivity contribution < 1.29 is 9.57 Å². The van der Waals surface area contributed by atoms with Gasteiger partial charge in [0.2, 0.25) is 0 Å². The van der Waals surface area contributed by atoms with Crippen molar-refractivity contribution in [2.45, 2.75) is 45.8 Å². The molecule has 0 radical (unpaired) electrons. The summed E-state index contributed by atoms with van der Waals surface area (Å²) < 4.78 is 6.91. The van der Waals surface area contributed by atoms with Gasteiger partial charge in [-0.15, -0.1) is 0 Å². The number of ether oxygens (including phenoxy) is 1. The fraction of sp³-hybridized carbons (Fsp3) is 1.00. The molecular weight excluding hydrogens is 293 g/mol. The van der Waals surface area contributed by atoms with Gasteiger partial charge in [-0.3, -0.25) is 4.84 Å². The maximum Gasteiger partial charge on any atom is 0.107 e. The van der Waals surface area contributed by atoms with Gasteiger partial charge in [-0.1, -0.05) is 29.5 Å². The van der Waals surface area contributed by atoms with E-state index in [9.17, 15) is 0 Å². The van der Waals surface area contributed by atoms with Crippen molar-refractivity contribution in [1.82, 2.24) is 0 Å². The van der Waals surface area contributed by atoms with E-state index in [-0.39, 0.29) is 5.60 Å². The van der Waals surface area contributed by atoms with Gasteiger partial charge in [0, 0.05) is 4.43 Å². The first-order chi connectivity index (χ1) is 6.25. The third-order valence-electron chi connectivity index (χ3n) is 2.53. The number of rotatable bonds is 6. The Bertz CT molecular complexity index is 172. The van der Waals surface area contributed by atoms with Crippen LogP contribution in [0.25, 0.3) is 0 Å². The fourth-order valence-corrected chi connectivity index (χ4v) is 1.78. The zero-order chi connectivity index (χ0) is 11.4. The van der Waals surface area contributed by atoms with Crippen LogP contribution in [0.15, 0.2) is 0 Å². The smallest absolute Gasteiger partial charge is 0.107 e. The Morgan fingerprint density at radius 2 is 1.79 bits per heavy atom. The lowest BCUT2D eigenvalue weighted by molar-refractivity contribution is -0.134. The molecule has 1 atom stereocenters. The number of hydrogen-bond acceptors (Lipinski definition) is 3. The second-order valence-corrected chi connectivity index (χ2v) is 5.71. The summed E-state index contributed by atoms with van der Waals surface area (Å²) in [5.41, 5.74) is -0.542. The minimum atomic E-state index is -0.414. The van der Waals surface area contributed by atoms with Crippen molar-refractivity contribution in [3.8, 4) is 0 Å². The number of hydrogen-bond donors (Lipinski definition) is 1. The topological polar surface area (TPSA) is 44.5 Å². The molecule has 0 saturated carbocycles. The van der Waals surface area contributed by atoms with Crippen LogP contribution >= 0.6 is 22.6 Å². The highest BCUT2D eigenvalue weighted by Crippen LogP contribution is 2.24. The minimum Gasteiger partial charge on any atom is -0.372 e. The second kappa shape index (κ2) is 5.63. The predicted octanol–water partition coefficient (Wildman–Crippen LogP) is 2.52. The largest absolute Gasteiger partial charge is 0.372 e. The van der Waals surface area contributed by atoms with Crippen LogP contribution < -0.4 is 5.90 Å². The molecule has 0 heterocycles. The zero-order valence-electron chi connectivity index (χ0n) is 9.76. The van der Waals surface area contributed by atoms with Crippen molar-refractivity contribution >= 4 is 22.6 Å². The molecule has 86 valence electrons. The van der Waals surface area contributed by atoms with Gasteiger partial charge < -0.3 is 4.74 Å². The molecule has 0 aliphatic heterocycles. The summed E-state index contributed by atoms with van der Waals surface area (Å²) in [4.78, 5) is 4.82. The lowest BCUT2D eigenvalue weighted by Crippen LogP contribution is -2.41. The molecule has 0 aromatic carbocycles. The van der Waals surface area contributed by atoms with E-state index < -0.39 is 5.60 Å². The van der Waals surface area contributed by atoms with Crippen LogP contribution in [0, 0.1) is 5.92 Å². The summed E-state index contributed by atoms with van der Waals surface area (Å²) in [6.07, 6.45) is 0. The molecule has 0 aliphatic carbocycles. The highest BCUT2D eigenvalue weighted by atomic mass is 127. The van der Waals surface area contributed by atoms with E-state index in [1.807, 2.05) is 13.8 Å². The number of halogens is 1. The minimum absolute atomic E-state index is 0.128. The summed E-state index contributed by atoms with van der Waals surface area (Å²) in [7, 11) is 0. The Labute approximate surface area is 101 Å². The standard InChI is InChI=1S/C10H22INO2/c1-8(6-11)10(4,5)13-7-9(2,3)14-12/h8H,6-7,12H2,1-5H3. The third kappa shape index (κ3) is 4.91. The maximum atomic E-state index is 5.83. The normalized spacial score (nSPS) is 15.6. The van der Waals surface area contributed by atoms with Crippen LogP contribution in [0.1, 0.15) is 34.6 Å². The Balaban J connectivity index is 4.11. The van der Waals surface area contributed by atoms with E-state index in [4.69, 9.17) is 15.5 Å². The van der Waals surface area contributed by atoms with Crippen LogP contribution in [0.4, 0.5) is 0 Å². The van der Waals surface area contributed by atoms with Crippen LogP contribution in [0.5, 0.6) is 0 Å². The van der Waals surface area contributed by atoms with Gasteiger partial charge in [0.05, 0.1) is 12.2 Å². The molecule has 0 aromatic heterocycles. The predicted molar refractivity (Wildman–Crippen MR) is 67.4 cm³/mol. The molecule has 0 spiro atoms. The monoisotopic (exact) mass is 315 g/mol. The lowest BCUT2D eigenvalue weighted by Gasteiger charge is -2.34. The van der Waals surface area contributed by atoms with Crippen molar-refractivity contribution in [3.05, 3.63) is 0 Å². The molecule has 0 aromatic rings. The van der Waals surface area contributed by atoms with E-state index in [1.165, 1.54) is 0 Å². The van der Waals surface area contributed by atoms with Gasteiger partial charge in [0.15, 0.2) is 0 Å².